The quantitative estimate of drug-likeness (QED) is 0.883. The van der Waals surface area contributed by atoms with Crippen molar-refractivity contribution in [3.8, 4) is 0 Å². The predicted molar refractivity (Wildman–Crippen MR) is 75.8 cm³/mol. The molecule has 1 amide bonds. The van der Waals surface area contributed by atoms with Crippen LogP contribution in [0.2, 0.25) is 5.02 Å². The molecule has 1 heterocycles. The number of fused-ring (bicyclic) bond motifs is 1. The standard InChI is InChI=1S/C13H12ClNO3S/c1-18-10(16)6-7-15-13(17)12-11(14)8-4-2-3-5-9(8)19-12/h2-5H,6-7H2,1H3,(H,15,17). The van der Waals surface area contributed by atoms with Crippen LogP contribution in [0, 0.1) is 0 Å². The molecule has 0 saturated heterocycles. The number of carbonyl (C=O) groups is 2. The Balaban J connectivity index is 2.09. The van der Waals surface area contributed by atoms with Gasteiger partial charge < -0.3 is 10.1 Å². The van der Waals surface area contributed by atoms with Crippen LogP contribution in [0.15, 0.2) is 24.3 Å². The van der Waals surface area contributed by atoms with Crippen molar-refractivity contribution in [2.45, 2.75) is 6.42 Å². The van der Waals surface area contributed by atoms with Crippen molar-refractivity contribution >= 4 is 44.9 Å². The Hall–Kier alpha value is -1.59. The van der Waals surface area contributed by atoms with E-state index >= 15 is 0 Å². The lowest BCUT2D eigenvalue weighted by atomic mass is 10.2. The zero-order valence-corrected chi connectivity index (χ0v) is 11.8. The van der Waals surface area contributed by atoms with Crippen LogP contribution in [0.1, 0.15) is 16.1 Å². The van der Waals surface area contributed by atoms with Crippen molar-refractivity contribution in [3.05, 3.63) is 34.2 Å². The summed E-state index contributed by atoms with van der Waals surface area (Å²) in [5.74, 6) is -0.627. The maximum Gasteiger partial charge on any atom is 0.307 e. The lowest BCUT2D eigenvalue weighted by Gasteiger charge is -2.02. The van der Waals surface area contributed by atoms with Gasteiger partial charge >= 0.3 is 5.97 Å². The summed E-state index contributed by atoms with van der Waals surface area (Å²) in [7, 11) is 1.31. The van der Waals surface area contributed by atoms with Crippen molar-refractivity contribution in [2.24, 2.45) is 0 Å². The molecule has 0 spiro atoms. The van der Waals surface area contributed by atoms with Crippen molar-refractivity contribution in [3.63, 3.8) is 0 Å². The molecule has 0 unspecified atom stereocenters. The van der Waals surface area contributed by atoms with Crippen molar-refractivity contribution in [1.29, 1.82) is 0 Å². The Morgan fingerprint density at radius 3 is 2.79 bits per heavy atom. The number of hydrogen-bond donors (Lipinski definition) is 1. The third-order valence-electron chi connectivity index (χ3n) is 2.58. The second-order valence-corrected chi connectivity index (χ2v) is 5.25. The molecule has 0 radical (unpaired) electrons. The molecule has 1 aromatic carbocycles. The number of ether oxygens (including phenoxy) is 1. The predicted octanol–water partition coefficient (Wildman–Crippen LogP) is 2.85. The van der Waals surface area contributed by atoms with Crippen molar-refractivity contribution in [2.75, 3.05) is 13.7 Å². The summed E-state index contributed by atoms with van der Waals surface area (Å²) in [6, 6.07) is 7.56. The van der Waals surface area contributed by atoms with E-state index in [1.54, 1.807) is 0 Å². The summed E-state index contributed by atoms with van der Waals surface area (Å²) >= 11 is 7.52. The summed E-state index contributed by atoms with van der Waals surface area (Å²) in [6.07, 6.45) is 0.144. The minimum absolute atomic E-state index is 0.144. The van der Waals surface area contributed by atoms with E-state index in [1.807, 2.05) is 24.3 Å². The van der Waals surface area contributed by atoms with Gasteiger partial charge in [0.25, 0.3) is 5.91 Å². The highest BCUT2D eigenvalue weighted by atomic mass is 35.5. The Morgan fingerprint density at radius 1 is 1.37 bits per heavy atom. The van der Waals surface area contributed by atoms with Gasteiger partial charge in [-0.1, -0.05) is 29.8 Å². The van der Waals surface area contributed by atoms with Gasteiger partial charge in [-0.15, -0.1) is 11.3 Å². The van der Waals surface area contributed by atoms with Gasteiger partial charge in [-0.05, 0) is 6.07 Å². The number of amides is 1. The fraction of sp³-hybridized carbons (Fsp3) is 0.231. The van der Waals surface area contributed by atoms with Gasteiger partial charge in [0.2, 0.25) is 0 Å². The van der Waals surface area contributed by atoms with Crippen LogP contribution < -0.4 is 5.32 Å². The van der Waals surface area contributed by atoms with Crippen LogP contribution >= 0.6 is 22.9 Å². The minimum atomic E-state index is -0.359. The van der Waals surface area contributed by atoms with E-state index in [0.717, 1.165) is 10.1 Å². The summed E-state index contributed by atoms with van der Waals surface area (Å²) in [5.41, 5.74) is 0. The smallest absolute Gasteiger partial charge is 0.307 e. The molecule has 2 rings (SSSR count). The molecule has 0 bridgehead atoms. The van der Waals surface area contributed by atoms with E-state index in [1.165, 1.54) is 18.4 Å². The third kappa shape index (κ3) is 3.05. The second kappa shape index (κ2) is 6.04. The fourth-order valence-electron chi connectivity index (χ4n) is 1.62. The molecule has 0 atom stereocenters. The molecule has 0 aliphatic heterocycles. The molecular formula is C13H12ClNO3S. The molecule has 0 fully saturated rings. The molecule has 2 aromatic rings. The molecule has 0 saturated carbocycles. The number of benzene rings is 1. The van der Waals surface area contributed by atoms with Gasteiger partial charge in [0.15, 0.2) is 0 Å². The molecule has 0 aliphatic carbocycles. The van der Waals surface area contributed by atoms with Crippen LogP contribution in [0.4, 0.5) is 0 Å². The van der Waals surface area contributed by atoms with Gasteiger partial charge in [-0.3, -0.25) is 9.59 Å². The molecule has 0 aliphatic rings. The summed E-state index contributed by atoms with van der Waals surface area (Å²) < 4.78 is 5.46. The van der Waals surface area contributed by atoms with Gasteiger partial charge in [0.05, 0.1) is 18.6 Å². The zero-order valence-electron chi connectivity index (χ0n) is 10.2. The number of halogens is 1. The van der Waals surface area contributed by atoms with Crippen LogP contribution in [0.25, 0.3) is 10.1 Å². The van der Waals surface area contributed by atoms with E-state index < -0.39 is 0 Å². The molecule has 100 valence electrons. The zero-order chi connectivity index (χ0) is 13.8. The second-order valence-electron chi connectivity index (χ2n) is 3.82. The first-order chi connectivity index (χ1) is 9.13. The largest absolute Gasteiger partial charge is 0.469 e. The number of hydrogen-bond acceptors (Lipinski definition) is 4. The fourth-order valence-corrected chi connectivity index (χ4v) is 3.05. The van der Waals surface area contributed by atoms with Crippen LogP contribution in [0.5, 0.6) is 0 Å². The number of nitrogens with one attached hydrogen (secondary N) is 1. The van der Waals surface area contributed by atoms with E-state index in [9.17, 15) is 9.59 Å². The molecule has 6 heteroatoms. The molecule has 4 nitrogen and oxygen atoms in total. The first-order valence-corrected chi connectivity index (χ1v) is 6.85. The highest BCUT2D eigenvalue weighted by Crippen LogP contribution is 2.34. The molecule has 1 N–H and O–H groups in total. The van der Waals surface area contributed by atoms with Gasteiger partial charge in [0, 0.05) is 16.6 Å². The monoisotopic (exact) mass is 297 g/mol. The average Bonchev–Trinajstić information content (AvgIpc) is 2.76. The number of carbonyl (C=O) groups excluding carboxylic acids is 2. The highest BCUT2D eigenvalue weighted by molar-refractivity contribution is 7.21. The summed E-state index contributed by atoms with van der Waals surface area (Å²) in [4.78, 5) is 23.4. The van der Waals surface area contributed by atoms with E-state index in [0.29, 0.717) is 9.90 Å². The molecular weight excluding hydrogens is 286 g/mol. The van der Waals surface area contributed by atoms with E-state index in [-0.39, 0.29) is 24.8 Å². The highest BCUT2D eigenvalue weighted by Gasteiger charge is 2.16. The topological polar surface area (TPSA) is 55.4 Å². The average molecular weight is 298 g/mol. The minimum Gasteiger partial charge on any atom is -0.469 e. The Labute approximate surface area is 119 Å². The summed E-state index contributed by atoms with van der Waals surface area (Å²) in [6.45, 7) is 0.232. The Kier molecular flexibility index (Phi) is 4.39. The van der Waals surface area contributed by atoms with Crippen LogP contribution in [-0.2, 0) is 9.53 Å². The summed E-state index contributed by atoms with van der Waals surface area (Å²) in [5, 5.41) is 3.97. The van der Waals surface area contributed by atoms with Crippen LogP contribution in [-0.4, -0.2) is 25.5 Å². The molecule has 1 aromatic heterocycles. The number of rotatable bonds is 4. The van der Waals surface area contributed by atoms with Gasteiger partial charge in [-0.2, -0.15) is 0 Å². The van der Waals surface area contributed by atoms with Crippen molar-refractivity contribution < 1.29 is 14.3 Å². The Morgan fingerprint density at radius 2 is 2.11 bits per heavy atom. The van der Waals surface area contributed by atoms with Crippen molar-refractivity contribution in [1.82, 2.24) is 5.32 Å². The maximum absolute atomic E-state index is 12.0. The molecule has 19 heavy (non-hydrogen) atoms. The maximum atomic E-state index is 12.0. The van der Waals surface area contributed by atoms with E-state index in [2.05, 4.69) is 10.1 Å². The van der Waals surface area contributed by atoms with Gasteiger partial charge in [-0.25, -0.2) is 0 Å². The SMILES string of the molecule is COC(=O)CCNC(=O)c1sc2ccccc2c1Cl. The number of methoxy groups -OCH3 is 1. The number of esters is 1. The number of thiophene rings is 1. The lowest BCUT2D eigenvalue weighted by Crippen LogP contribution is -2.25. The third-order valence-corrected chi connectivity index (χ3v) is 4.26. The van der Waals surface area contributed by atoms with Crippen LogP contribution in [0.3, 0.4) is 0 Å². The van der Waals surface area contributed by atoms with Gasteiger partial charge in [0.1, 0.15) is 4.88 Å². The first kappa shape index (κ1) is 13.8. The lowest BCUT2D eigenvalue weighted by molar-refractivity contribution is -0.140. The Bertz CT molecular complexity index is 623. The first-order valence-electron chi connectivity index (χ1n) is 5.65. The normalized spacial score (nSPS) is 10.4. The van der Waals surface area contributed by atoms with E-state index in [4.69, 9.17) is 11.6 Å².